The van der Waals surface area contributed by atoms with Gasteiger partial charge in [-0.2, -0.15) is 0 Å². The molecule has 19 heavy (non-hydrogen) atoms. The molecule has 5 heteroatoms. The van der Waals surface area contributed by atoms with Crippen LogP contribution in [0, 0.1) is 0 Å². The quantitative estimate of drug-likeness (QED) is 0.516. The van der Waals surface area contributed by atoms with E-state index in [9.17, 15) is 0 Å². The van der Waals surface area contributed by atoms with Crippen LogP contribution in [0.1, 0.15) is 18.9 Å². The smallest absolute Gasteiger partial charge is 0.203 e. The molecule has 0 fully saturated rings. The zero-order valence-electron chi connectivity index (χ0n) is 11.7. The predicted octanol–water partition coefficient (Wildman–Crippen LogP) is 3.25. The molecule has 0 heterocycles. The van der Waals surface area contributed by atoms with Crippen LogP contribution in [0.3, 0.4) is 0 Å². The second-order valence-corrected chi connectivity index (χ2v) is 4.19. The van der Waals surface area contributed by atoms with Crippen LogP contribution in [0.15, 0.2) is 12.1 Å². The molecule has 108 valence electrons. The fourth-order valence-electron chi connectivity index (χ4n) is 1.60. The van der Waals surface area contributed by atoms with Crippen molar-refractivity contribution in [2.24, 2.45) is 0 Å². The molecule has 0 radical (unpaired) electrons. The van der Waals surface area contributed by atoms with Gasteiger partial charge in [0.1, 0.15) is 6.61 Å². The van der Waals surface area contributed by atoms with Crippen molar-refractivity contribution in [2.45, 2.75) is 19.2 Å². The molecule has 0 unspecified atom stereocenters. The van der Waals surface area contributed by atoms with E-state index in [2.05, 4.69) is 6.92 Å². The van der Waals surface area contributed by atoms with Gasteiger partial charge in [0.25, 0.3) is 0 Å². The number of methoxy groups -OCH3 is 2. The van der Waals surface area contributed by atoms with Crippen molar-refractivity contribution < 1.29 is 18.9 Å². The van der Waals surface area contributed by atoms with Crippen LogP contribution in [-0.4, -0.2) is 34.0 Å². The molecule has 1 aromatic rings. The highest BCUT2D eigenvalue weighted by Gasteiger charge is 2.13. The normalized spacial score (nSPS) is 10.3. The van der Waals surface area contributed by atoms with Gasteiger partial charge in [-0.1, -0.05) is 6.92 Å². The lowest BCUT2D eigenvalue weighted by Gasteiger charge is -2.15. The lowest BCUT2D eigenvalue weighted by Crippen LogP contribution is -2.08. The average molecular weight is 289 g/mol. The second kappa shape index (κ2) is 8.88. The Balaban J connectivity index is 2.73. The molecule has 0 saturated carbocycles. The van der Waals surface area contributed by atoms with Crippen molar-refractivity contribution in [3.63, 3.8) is 0 Å². The minimum absolute atomic E-state index is 0.395. The Hall–Kier alpha value is -1.13. The Morgan fingerprint density at radius 3 is 2.11 bits per heavy atom. The summed E-state index contributed by atoms with van der Waals surface area (Å²) in [7, 11) is 3.18. The Kier molecular flexibility index (Phi) is 7.45. The van der Waals surface area contributed by atoms with E-state index in [0.717, 1.165) is 18.6 Å². The first-order valence-corrected chi connectivity index (χ1v) is 6.81. The number of hydrogen-bond acceptors (Lipinski definition) is 4. The summed E-state index contributed by atoms with van der Waals surface area (Å²) in [6, 6.07) is 3.69. The number of halogens is 1. The third-order valence-electron chi connectivity index (χ3n) is 2.50. The highest BCUT2D eigenvalue weighted by atomic mass is 35.5. The minimum atomic E-state index is 0.395. The standard InChI is InChI=1S/C14H21ClO4/c1-4-5-18-6-7-19-14-12(16-2)8-11(10-15)9-13(14)17-3/h8-9H,4-7,10H2,1-3H3. The van der Waals surface area contributed by atoms with Crippen LogP contribution >= 0.6 is 11.6 Å². The van der Waals surface area contributed by atoms with E-state index in [4.69, 9.17) is 30.5 Å². The Morgan fingerprint density at radius 2 is 1.63 bits per heavy atom. The van der Waals surface area contributed by atoms with Crippen LogP contribution in [0.2, 0.25) is 0 Å². The topological polar surface area (TPSA) is 36.9 Å². The van der Waals surface area contributed by atoms with E-state index in [1.54, 1.807) is 14.2 Å². The molecule has 0 spiro atoms. The van der Waals surface area contributed by atoms with Gasteiger partial charge < -0.3 is 18.9 Å². The average Bonchev–Trinajstić information content (AvgIpc) is 2.46. The Bertz CT molecular complexity index is 357. The van der Waals surface area contributed by atoms with Crippen LogP contribution in [-0.2, 0) is 10.6 Å². The van der Waals surface area contributed by atoms with E-state index in [1.165, 1.54) is 0 Å². The summed E-state index contributed by atoms with van der Waals surface area (Å²) < 4.78 is 21.7. The summed E-state index contributed by atoms with van der Waals surface area (Å²) in [5.74, 6) is 2.21. The van der Waals surface area contributed by atoms with E-state index < -0.39 is 0 Å². The van der Waals surface area contributed by atoms with Gasteiger partial charge in [0, 0.05) is 12.5 Å². The second-order valence-electron chi connectivity index (χ2n) is 3.92. The SMILES string of the molecule is CCCOCCOc1c(OC)cc(CCl)cc1OC. The first kappa shape index (κ1) is 15.9. The van der Waals surface area contributed by atoms with E-state index >= 15 is 0 Å². The molecule has 0 amide bonds. The van der Waals surface area contributed by atoms with Crippen LogP contribution < -0.4 is 14.2 Å². The summed E-state index contributed by atoms with van der Waals surface area (Å²) in [5, 5.41) is 0. The number of hydrogen-bond donors (Lipinski definition) is 0. The molecule has 4 nitrogen and oxygen atoms in total. The largest absolute Gasteiger partial charge is 0.493 e. The Morgan fingerprint density at radius 1 is 1.00 bits per heavy atom. The molecule has 0 N–H and O–H groups in total. The molecule has 0 saturated heterocycles. The Labute approximate surface area is 119 Å². The molecule has 0 aliphatic heterocycles. The summed E-state index contributed by atoms with van der Waals surface area (Å²) in [5.41, 5.74) is 0.921. The van der Waals surface area contributed by atoms with E-state index in [1.807, 2.05) is 12.1 Å². The summed E-state index contributed by atoms with van der Waals surface area (Å²) in [4.78, 5) is 0. The molecular formula is C14H21ClO4. The van der Waals surface area contributed by atoms with E-state index in [-0.39, 0.29) is 0 Å². The first-order valence-electron chi connectivity index (χ1n) is 6.28. The lowest BCUT2D eigenvalue weighted by molar-refractivity contribution is 0.0983. The van der Waals surface area contributed by atoms with Gasteiger partial charge in [0.2, 0.25) is 5.75 Å². The monoisotopic (exact) mass is 288 g/mol. The van der Waals surface area contributed by atoms with Crippen molar-refractivity contribution in [3.05, 3.63) is 17.7 Å². The zero-order chi connectivity index (χ0) is 14.1. The summed E-state index contributed by atoms with van der Waals surface area (Å²) in [6.07, 6.45) is 0.997. The van der Waals surface area contributed by atoms with Crippen LogP contribution in [0.4, 0.5) is 0 Å². The highest BCUT2D eigenvalue weighted by molar-refractivity contribution is 6.17. The number of benzene rings is 1. The summed E-state index contributed by atoms with van der Waals surface area (Å²) >= 11 is 5.83. The molecule has 0 bridgehead atoms. The first-order chi connectivity index (χ1) is 9.26. The van der Waals surface area contributed by atoms with Gasteiger partial charge in [-0.25, -0.2) is 0 Å². The predicted molar refractivity (Wildman–Crippen MR) is 75.7 cm³/mol. The lowest BCUT2D eigenvalue weighted by atomic mass is 10.2. The van der Waals surface area contributed by atoms with Gasteiger partial charge in [-0.15, -0.1) is 11.6 Å². The van der Waals surface area contributed by atoms with Crippen molar-refractivity contribution in [1.29, 1.82) is 0 Å². The fourth-order valence-corrected chi connectivity index (χ4v) is 1.76. The van der Waals surface area contributed by atoms with E-state index in [0.29, 0.717) is 36.3 Å². The summed E-state index contributed by atoms with van der Waals surface area (Å²) in [6.45, 7) is 3.80. The molecular weight excluding hydrogens is 268 g/mol. The highest BCUT2D eigenvalue weighted by Crippen LogP contribution is 2.38. The number of rotatable bonds is 9. The van der Waals surface area contributed by atoms with Gasteiger partial charge in [-0.3, -0.25) is 0 Å². The van der Waals surface area contributed by atoms with Gasteiger partial charge in [-0.05, 0) is 24.1 Å². The molecule has 1 aromatic carbocycles. The van der Waals surface area contributed by atoms with Crippen LogP contribution in [0.5, 0.6) is 17.2 Å². The van der Waals surface area contributed by atoms with Crippen molar-refractivity contribution in [1.82, 2.24) is 0 Å². The maximum absolute atomic E-state index is 5.83. The maximum Gasteiger partial charge on any atom is 0.203 e. The number of ether oxygens (including phenoxy) is 4. The molecule has 0 aliphatic rings. The van der Waals surface area contributed by atoms with Gasteiger partial charge in [0.15, 0.2) is 11.5 Å². The maximum atomic E-state index is 5.83. The fraction of sp³-hybridized carbons (Fsp3) is 0.571. The van der Waals surface area contributed by atoms with Crippen molar-refractivity contribution in [2.75, 3.05) is 34.0 Å². The van der Waals surface area contributed by atoms with Gasteiger partial charge >= 0.3 is 0 Å². The number of alkyl halides is 1. The third-order valence-corrected chi connectivity index (χ3v) is 2.81. The zero-order valence-corrected chi connectivity index (χ0v) is 12.5. The van der Waals surface area contributed by atoms with Crippen molar-refractivity contribution >= 4 is 11.6 Å². The van der Waals surface area contributed by atoms with Gasteiger partial charge in [0.05, 0.1) is 20.8 Å². The molecule has 0 aromatic heterocycles. The molecule has 1 rings (SSSR count). The molecule has 0 atom stereocenters. The van der Waals surface area contributed by atoms with Crippen LogP contribution in [0.25, 0.3) is 0 Å². The van der Waals surface area contributed by atoms with Crippen molar-refractivity contribution in [3.8, 4) is 17.2 Å². The third kappa shape index (κ3) is 4.80. The minimum Gasteiger partial charge on any atom is -0.493 e. The molecule has 0 aliphatic carbocycles.